The second-order valence-corrected chi connectivity index (χ2v) is 6.05. The monoisotopic (exact) mass is 358 g/mol. The number of rotatable bonds is 3. The highest BCUT2D eigenvalue weighted by Gasteiger charge is 2.38. The molecular weight excluding hydrogens is 339 g/mol. The Labute approximate surface area is 122 Å². The molecule has 0 radical (unpaired) electrons. The minimum Gasteiger partial charge on any atom is -0.324 e. The maximum absolute atomic E-state index is 12.4. The summed E-state index contributed by atoms with van der Waals surface area (Å²) in [5.41, 5.74) is 1.75. The van der Waals surface area contributed by atoms with Gasteiger partial charge in [0.25, 0.3) is 0 Å². The molecule has 1 unspecified atom stereocenters. The predicted molar refractivity (Wildman–Crippen MR) is 82.8 cm³/mol. The Morgan fingerprint density at radius 3 is 2.89 bits per heavy atom. The maximum atomic E-state index is 12.4. The van der Waals surface area contributed by atoms with Crippen LogP contribution in [0.2, 0.25) is 0 Å². The first-order chi connectivity index (χ1) is 8.57. The van der Waals surface area contributed by atoms with E-state index < -0.39 is 0 Å². The smallest absolute Gasteiger partial charge is 0.244 e. The number of hydrogen-bond acceptors (Lipinski definition) is 2. The minimum absolute atomic E-state index is 0.0992. The van der Waals surface area contributed by atoms with Gasteiger partial charge in [0.2, 0.25) is 5.91 Å². The van der Waals surface area contributed by atoms with Crippen molar-refractivity contribution in [1.29, 1.82) is 0 Å². The summed E-state index contributed by atoms with van der Waals surface area (Å²) >= 11 is 2.29. The van der Waals surface area contributed by atoms with Crippen LogP contribution in [0.1, 0.15) is 31.7 Å². The van der Waals surface area contributed by atoms with Crippen LogP contribution in [0, 0.1) is 10.5 Å². The van der Waals surface area contributed by atoms with Crippen molar-refractivity contribution in [1.82, 2.24) is 5.32 Å². The van der Waals surface area contributed by atoms with Crippen molar-refractivity contribution in [2.45, 2.75) is 38.6 Å². The normalized spacial score (nSPS) is 23.1. The van der Waals surface area contributed by atoms with E-state index in [0.29, 0.717) is 0 Å². The number of carbonyl (C=O) groups excluding carboxylic acids is 1. The van der Waals surface area contributed by atoms with Crippen LogP contribution in [0.5, 0.6) is 0 Å². The lowest BCUT2D eigenvalue weighted by atomic mass is 9.93. The summed E-state index contributed by atoms with van der Waals surface area (Å²) in [7, 11) is 0. The molecule has 2 N–H and O–H groups in total. The Morgan fingerprint density at radius 1 is 1.56 bits per heavy atom. The molecule has 0 aliphatic carbocycles. The zero-order valence-electron chi connectivity index (χ0n) is 10.8. The number of halogens is 1. The van der Waals surface area contributed by atoms with Crippen LogP contribution in [0.15, 0.2) is 18.2 Å². The molecule has 1 aromatic carbocycles. The van der Waals surface area contributed by atoms with E-state index in [2.05, 4.69) is 47.1 Å². The molecule has 3 nitrogen and oxygen atoms in total. The summed E-state index contributed by atoms with van der Waals surface area (Å²) in [6.07, 6.45) is 2.84. The highest BCUT2D eigenvalue weighted by Crippen LogP contribution is 2.25. The Hall–Kier alpha value is -0.620. The van der Waals surface area contributed by atoms with Gasteiger partial charge in [-0.3, -0.25) is 4.79 Å². The van der Waals surface area contributed by atoms with E-state index in [1.807, 2.05) is 18.2 Å². The van der Waals surface area contributed by atoms with Crippen molar-refractivity contribution >= 4 is 34.2 Å². The van der Waals surface area contributed by atoms with Crippen molar-refractivity contribution < 1.29 is 4.79 Å². The molecule has 1 aliphatic rings. The summed E-state index contributed by atoms with van der Waals surface area (Å²) in [5.74, 6) is 0.0992. The number of aryl methyl sites for hydroxylation is 1. The highest BCUT2D eigenvalue weighted by atomic mass is 127. The van der Waals surface area contributed by atoms with Crippen LogP contribution in [-0.4, -0.2) is 18.0 Å². The zero-order chi connectivity index (χ0) is 13.2. The maximum Gasteiger partial charge on any atom is 0.244 e. The largest absolute Gasteiger partial charge is 0.324 e. The predicted octanol–water partition coefficient (Wildman–Crippen LogP) is 3.07. The Balaban J connectivity index is 2.13. The topological polar surface area (TPSA) is 41.1 Å². The van der Waals surface area contributed by atoms with Gasteiger partial charge >= 0.3 is 0 Å². The van der Waals surface area contributed by atoms with Crippen molar-refractivity contribution in [2.75, 3.05) is 11.9 Å². The molecule has 0 saturated carbocycles. The Bertz CT molecular complexity index is 453. The second kappa shape index (κ2) is 5.57. The van der Waals surface area contributed by atoms with Gasteiger partial charge in [-0.15, -0.1) is 0 Å². The van der Waals surface area contributed by atoms with Crippen LogP contribution in [-0.2, 0) is 4.79 Å². The fraction of sp³-hybridized carbons (Fsp3) is 0.500. The molecule has 1 aromatic rings. The zero-order valence-corrected chi connectivity index (χ0v) is 13.0. The lowest BCUT2D eigenvalue weighted by Gasteiger charge is -2.26. The third-order valence-electron chi connectivity index (χ3n) is 3.71. The van der Waals surface area contributed by atoms with Gasteiger partial charge < -0.3 is 10.6 Å². The first kappa shape index (κ1) is 13.8. The average molecular weight is 358 g/mol. The number of hydrogen-bond donors (Lipinski definition) is 2. The van der Waals surface area contributed by atoms with Gasteiger partial charge in [-0.1, -0.05) is 13.0 Å². The molecule has 1 fully saturated rings. The minimum atomic E-state index is -0.365. The van der Waals surface area contributed by atoms with Gasteiger partial charge in [0.05, 0.1) is 5.54 Å². The summed E-state index contributed by atoms with van der Waals surface area (Å²) in [5, 5.41) is 6.39. The van der Waals surface area contributed by atoms with E-state index in [4.69, 9.17) is 0 Å². The molecule has 0 aromatic heterocycles. The lowest BCUT2D eigenvalue weighted by Crippen LogP contribution is -2.50. The van der Waals surface area contributed by atoms with E-state index in [0.717, 1.165) is 31.5 Å². The molecule has 4 heteroatoms. The van der Waals surface area contributed by atoms with Gasteiger partial charge in [-0.25, -0.2) is 0 Å². The molecule has 1 atom stereocenters. The SMILES string of the molecule is CCC1(C(=O)Nc2ccc(C)c(I)c2)CCCN1. The van der Waals surface area contributed by atoms with Crippen molar-refractivity contribution in [3.05, 3.63) is 27.3 Å². The molecule has 1 amide bonds. The second-order valence-electron chi connectivity index (χ2n) is 4.88. The third kappa shape index (κ3) is 2.69. The lowest BCUT2D eigenvalue weighted by molar-refractivity contribution is -0.122. The van der Waals surface area contributed by atoms with Crippen molar-refractivity contribution in [3.63, 3.8) is 0 Å². The first-order valence-corrected chi connectivity index (χ1v) is 7.48. The van der Waals surface area contributed by atoms with Crippen LogP contribution in [0.25, 0.3) is 0 Å². The van der Waals surface area contributed by atoms with Crippen LogP contribution < -0.4 is 10.6 Å². The molecule has 0 spiro atoms. The fourth-order valence-corrected chi connectivity index (χ4v) is 2.90. The molecule has 98 valence electrons. The number of carbonyl (C=O) groups is 1. The quantitative estimate of drug-likeness (QED) is 0.816. The molecular formula is C14H19IN2O. The van der Waals surface area contributed by atoms with Gasteiger partial charge in [0.1, 0.15) is 0 Å². The van der Waals surface area contributed by atoms with E-state index >= 15 is 0 Å². The first-order valence-electron chi connectivity index (χ1n) is 6.40. The molecule has 1 heterocycles. The Morgan fingerprint density at radius 2 is 2.33 bits per heavy atom. The van der Waals surface area contributed by atoms with Crippen LogP contribution >= 0.6 is 22.6 Å². The average Bonchev–Trinajstić information content (AvgIpc) is 2.84. The number of nitrogens with one attached hydrogen (secondary N) is 2. The van der Waals surface area contributed by atoms with E-state index in [-0.39, 0.29) is 11.4 Å². The van der Waals surface area contributed by atoms with Gasteiger partial charge in [-0.05, 0) is 73.0 Å². The fourth-order valence-electron chi connectivity index (χ4n) is 2.38. The van der Waals surface area contributed by atoms with Crippen LogP contribution in [0.4, 0.5) is 5.69 Å². The van der Waals surface area contributed by atoms with Gasteiger partial charge in [-0.2, -0.15) is 0 Å². The number of anilines is 1. The van der Waals surface area contributed by atoms with Crippen LogP contribution in [0.3, 0.4) is 0 Å². The van der Waals surface area contributed by atoms with Gasteiger partial charge in [0, 0.05) is 9.26 Å². The van der Waals surface area contributed by atoms with E-state index in [9.17, 15) is 4.79 Å². The molecule has 2 rings (SSSR count). The summed E-state index contributed by atoms with van der Waals surface area (Å²) in [6, 6.07) is 6.03. The molecule has 1 saturated heterocycles. The standard InChI is InChI=1S/C14H19IN2O/c1-3-14(7-4-8-16-14)13(18)17-11-6-5-10(2)12(15)9-11/h5-6,9,16H,3-4,7-8H2,1-2H3,(H,17,18). The summed E-state index contributed by atoms with van der Waals surface area (Å²) in [4.78, 5) is 12.4. The summed E-state index contributed by atoms with van der Waals surface area (Å²) < 4.78 is 1.18. The van der Waals surface area contributed by atoms with Crippen molar-refractivity contribution in [3.8, 4) is 0 Å². The van der Waals surface area contributed by atoms with Gasteiger partial charge in [0.15, 0.2) is 0 Å². The Kier molecular flexibility index (Phi) is 4.27. The third-order valence-corrected chi connectivity index (χ3v) is 4.87. The van der Waals surface area contributed by atoms with E-state index in [1.54, 1.807) is 0 Å². The number of amides is 1. The molecule has 0 bridgehead atoms. The summed E-state index contributed by atoms with van der Waals surface area (Å²) in [6.45, 7) is 5.07. The highest BCUT2D eigenvalue weighted by molar-refractivity contribution is 14.1. The van der Waals surface area contributed by atoms with Crippen molar-refractivity contribution in [2.24, 2.45) is 0 Å². The molecule has 1 aliphatic heterocycles. The number of benzene rings is 1. The van der Waals surface area contributed by atoms with E-state index in [1.165, 1.54) is 9.13 Å². The molecule has 18 heavy (non-hydrogen) atoms.